The number of benzene rings is 1. The van der Waals surface area contributed by atoms with E-state index >= 15 is 0 Å². The molecule has 0 fully saturated rings. The van der Waals surface area contributed by atoms with Gasteiger partial charge in [0.2, 0.25) is 0 Å². The van der Waals surface area contributed by atoms with Crippen LogP contribution in [0.5, 0.6) is 0 Å². The Bertz CT molecular complexity index is 600. The summed E-state index contributed by atoms with van der Waals surface area (Å²) in [5.74, 6) is 5.29. The van der Waals surface area contributed by atoms with Crippen molar-refractivity contribution in [1.29, 1.82) is 0 Å². The molecule has 0 unspecified atom stereocenters. The van der Waals surface area contributed by atoms with Crippen molar-refractivity contribution in [2.75, 3.05) is 5.43 Å². The highest BCUT2D eigenvalue weighted by Crippen LogP contribution is 2.31. The lowest BCUT2D eigenvalue weighted by Crippen LogP contribution is -2.16. The van der Waals surface area contributed by atoms with Gasteiger partial charge in [0.15, 0.2) is 0 Å². The molecule has 2 rings (SSSR count). The quantitative estimate of drug-likeness (QED) is 0.600. The first-order valence-electron chi connectivity index (χ1n) is 5.91. The van der Waals surface area contributed by atoms with Crippen molar-refractivity contribution in [3.05, 3.63) is 35.3 Å². The standard InChI is InChI=1S/C14H18FN3/c1-8-5-9(15)6-10-13(8)11(18-16)7-12(17-10)14(2,3)4/h5-7H,16H2,1-4H3,(H,17,18). The third-order valence-electron chi connectivity index (χ3n) is 2.99. The number of hydrogen-bond acceptors (Lipinski definition) is 3. The number of fused-ring (bicyclic) bond motifs is 1. The van der Waals surface area contributed by atoms with Gasteiger partial charge in [-0.05, 0) is 24.6 Å². The fraction of sp³-hybridized carbons (Fsp3) is 0.357. The maximum absolute atomic E-state index is 13.5. The van der Waals surface area contributed by atoms with Gasteiger partial charge in [0.1, 0.15) is 5.82 Å². The highest BCUT2D eigenvalue weighted by atomic mass is 19.1. The molecule has 0 radical (unpaired) electrons. The van der Waals surface area contributed by atoms with Gasteiger partial charge >= 0.3 is 0 Å². The highest BCUT2D eigenvalue weighted by molar-refractivity contribution is 5.94. The van der Waals surface area contributed by atoms with Gasteiger partial charge < -0.3 is 5.43 Å². The van der Waals surface area contributed by atoms with E-state index in [1.165, 1.54) is 12.1 Å². The van der Waals surface area contributed by atoms with Gasteiger partial charge in [0.05, 0.1) is 11.2 Å². The number of nitrogens with two attached hydrogens (primary N) is 1. The molecule has 0 saturated heterocycles. The third kappa shape index (κ3) is 2.16. The minimum atomic E-state index is -0.276. The smallest absolute Gasteiger partial charge is 0.125 e. The number of nitrogens with zero attached hydrogens (tertiary/aromatic N) is 1. The number of halogens is 1. The van der Waals surface area contributed by atoms with Crippen LogP contribution in [0.15, 0.2) is 18.2 Å². The zero-order valence-corrected chi connectivity index (χ0v) is 11.1. The number of pyridine rings is 1. The molecule has 3 N–H and O–H groups in total. The average molecular weight is 247 g/mol. The van der Waals surface area contributed by atoms with Gasteiger partial charge in [-0.3, -0.25) is 10.8 Å². The maximum Gasteiger partial charge on any atom is 0.125 e. The topological polar surface area (TPSA) is 50.9 Å². The van der Waals surface area contributed by atoms with Crippen LogP contribution in [-0.4, -0.2) is 4.98 Å². The van der Waals surface area contributed by atoms with Crippen molar-refractivity contribution in [1.82, 2.24) is 4.98 Å². The van der Waals surface area contributed by atoms with Gasteiger partial charge in [-0.15, -0.1) is 0 Å². The summed E-state index contributed by atoms with van der Waals surface area (Å²) in [6.07, 6.45) is 0. The van der Waals surface area contributed by atoms with Crippen LogP contribution in [0.3, 0.4) is 0 Å². The first-order chi connectivity index (χ1) is 8.32. The monoisotopic (exact) mass is 247 g/mol. The van der Waals surface area contributed by atoms with E-state index < -0.39 is 0 Å². The Morgan fingerprint density at radius 1 is 1.22 bits per heavy atom. The third-order valence-corrected chi connectivity index (χ3v) is 2.99. The van der Waals surface area contributed by atoms with Crippen LogP contribution in [-0.2, 0) is 5.41 Å². The number of nitrogens with one attached hydrogen (secondary N) is 1. The van der Waals surface area contributed by atoms with Crippen molar-refractivity contribution >= 4 is 16.6 Å². The second-order valence-corrected chi connectivity index (χ2v) is 5.57. The summed E-state index contributed by atoms with van der Waals surface area (Å²) in [7, 11) is 0. The summed E-state index contributed by atoms with van der Waals surface area (Å²) in [5.41, 5.74) is 5.69. The van der Waals surface area contributed by atoms with Gasteiger partial charge in [-0.2, -0.15) is 0 Å². The lowest BCUT2D eigenvalue weighted by Gasteiger charge is -2.20. The Kier molecular flexibility index (Phi) is 2.99. The second kappa shape index (κ2) is 4.21. The van der Waals surface area contributed by atoms with E-state index in [0.717, 1.165) is 22.3 Å². The van der Waals surface area contributed by atoms with E-state index in [9.17, 15) is 4.39 Å². The molecule has 0 spiro atoms. The highest BCUT2D eigenvalue weighted by Gasteiger charge is 2.18. The molecule has 0 aliphatic carbocycles. The lowest BCUT2D eigenvalue weighted by molar-refractivity contribution is 0.571. The summed E-state index contributed by atoms with van der Waals surface area (Å²) in [6.45, 7) is 8.04. The van der Waals surface area contributed by atoms with Gasteiger partial charge in [-0.25, -0.2) is 4.39 Å². The first kappa shape index (κ1) is 12.8. The van der Waals surface area contributed by atoms with Crippen molar-refractivity contribution in [3.63, 3.8) is 0 Å². The van der Waals surface area contributed by atoms with E-state index in [-0.39, 0.29) is 11.2 Å². The molecular formula is C14H18FN3. The Labute approximate surface area is 106 Å². The molecule has 4 heteroatoms. The second-order valence-electron chi connectivity index (χ2n) is 5.57. The molecule has 18 heavy (non-hydrogen) atoms. The van der Waals surface area contributed by atoms with Gasteiger partial charge in [0, 0.05) is 22.6 Å². The van der Waals surface area contributed by atoms with Crippen molar-refractivity contribution in [2.45, 2.75) is 33.1 Å². The summed E-state index contributed by atoms with van der Waals surface area (Å²) in [5, 5.41) is 0.868. The number of aryl methyl sites for hydroxylation is 1. The normalized spacial score (nSPS) is 11.9. The lowest BCUT2D eigenvalue weighted by atomic mass is 9.90. The fourth-order valence-electron chi connectivity index (χ4n) is 2.03. The van der Waals surface area contributed by atoms with Gasteiger partial charge in [-0.1, -0.05) is 20.8 Å². The van der Waals surface area contributed by atoms with Crippen LogP contribution >= 0.6 is 0 Å². The minimum absolute atomic E-state index is 0.111. The van der Waals surface area contributed by atoms with Crippen LogP contribution in [0.4, 0.5) is 10.1 Å². The van der Waals surface area contributed by atoms with E-state index in [1.807, 2.05) is 13.0 Å². The average Bonchev–Trinajstić information content (AvgIpc) is 2.25. The van der Waals surface area contributed by atoms with E-state index in [4.69, 9.17) is 5.84 Å². The van der Waals surface area contributed by atoms with E-state index in [0.29, 0.717) is 5.52 Å². The predicted octanol–water partition coefficient (Wildman–Crippen LogP) is 3.27. The Hall–Kier alpha value is -1.68. The molecule has 0 saturated carbocycles. The van der Waals surface area contributed by atoms with E-state index in [2.05, 4.69) is 31.2 Å². The number of hydrogen-bond donors (Lipinski definition) is 2. The number of nitrogen functional groups attached to an aromatic ring is 1. The zero-order chi connectivity index (χ0) is 13.5. The zero-order valence-electron chi connectivity index (χ0n) is 11.1. The first-order valence-corrected chi connectivity index (χ1v) is 5.91. The number of hydrazine groups is 1. The van der Waals surface area contributed by atoms with Crippen LogP contribution in [0, 0.1) is 12.7 Å². The Balaban J connectivity index is 2.84. The summed E-state index contributed by atoms with van der Waals surface area (Å²) >= 11 is 0. The molecule has 0 atom stereocenters. The molecule has 1 aromatic heterocycles. The van der Waals surface area contributed by atoms with Crippen LogP contribution < -0.4 is 11.3 Å². The molecule has 0 bridgehead atoms. The maximum atomic E-state index is 13.5. The molecule has 96 valence electrons. The van der Waals surface area contributed by atoms with Crippen LogP contribution in [0.2, 0.25) is 0 Å². The fourth-order valence-corrected chi connectivity index (χ4v) is 2.03. The summed E-state index contributed by atoms with van der Waals surface area (Å²) < 4.78 is 13.5. The Morgan fingerprint density at radius 2 is 1.89 bits per heavy atom. The molecule has 1 aromatic carbocycles. The van der Waals surface area contributed by atoms with Crippen molar-refractivity contribution < 1.29 is 4.39 Å². The molecule has 0 aliphatic rings. The van der Waals surface area contributed by atoms with E-state index in [1.54, 1.807) is 0 Å². The summed E-state index contributed by atoms with van der Waals surface area (Å²) in [6, 6.07) is 4.85. The largest absolute Gasteiger partial charge is 0.323 e. The van der Waals surface area contributed by atoms with Crippen molar-refractivity contribution in [2.24, 2.45) is 5.84 Å². The number of aromatic nitrogens is 1. The van der Waals surface area contributed by atoms with Gasteiger partial charge in [0.25, 0.3) is 0 Å². The molecule has 0 amide bonds. The summed E-state index contributed by atoms with van der Waals surface area (Å²) in [4.78, 5) is 4.54. The molecule has 1 heterocycles. The Morgan fingerprint density at radius 3 is 2.44 bits per heavy atom. The number of rotatable bonds is 1. The molecular weight excluding hydrogens is 229 g/mol. The van der Waals surface area contributed by atoms with Crippen LogP contribution in [0.25, 0.3) is 10.9 Å². The van der Waals surface area contributed by atoms with Crippen LogP contribution in [0.1, 0.15) is 32.0 Å². The molecule has 3 nitrogen and oxygen atoms in total. The van der Waals surface area contributed by atoms with Crippen molar-refractivity contribution in [3.8, 4) is 0 Å². The molecule has 0 aliphatic heterocycles. The SMILES string of the molecule is Cc1cc(F)cc2nc(C(C)(C)C)cc(NN)c12. The molecule has 2 aromatic rings. The predicted molar refractivity (Wildman–Crippen MR) is 72.9 cm³/mol. The number of anilines is 1. The minimum Gasteiger partial charge on any atom is -0.323 e.